The van der Waals surface area contributed by atoms with Gasteiger partial charge in [0.15, 0.2) is 0 Å². The zero-order valence-electron chi connectivity index (χ0n) is 18.9. The summed E-state index contributed by atoms with van der Waals surface area (Å²) < 4.78 is 9.71. The third-order valence-electron chi connectivity index (χ3n) is 3.88. The number of aromatic nitrogens is 3. The first-order valence-electron chi connectivity index (χ1n) is 9.98. The van der Waals surface area contributed by atoms with E-state index in [4.69, 9.17) is 4.74 Å². The van der Waals surface area contributed by atoms with E-state index in [0.29, 0.717) is 0 Å². The molecule has 0 radical (unpaired) electrons. The van der Waals surface area contributed by atoms with Crippen molar-refractivity contribution in [1.29, 1.82) is 0 Å². The van der Waals surface area contributed by atoms with Crippen molar-refractivity contribution in [2.75, 3.05) is 7.11 Å². The largest absolute Gasteiger partial charge is 0.497 e. The molecule has 1 aromatic carbocycles. The van der Waals surface area contributed by atoms with Gasteiger partial charge in [-0.3, -0.25) is 4.98 Å². The van der Waals surface area contributed by atoms with Crippen LogP contribution in [0, 0.1) is 19.8 Å². The van der Waals surface area contributed by atoms with Gasteiger partial charge in [-0.25, -0.2) is 4.57 Å². The van der Waals surface area contributed by atoms with E-state index in [1.807, 2.05) is 38.4 Å². The van der Waals surface area contributed by atoms with Crippen LogP contribution in [0.3, 0.4) is 0 Å². The minimum absolute atomic E-state index is 0.833. The lowest BCUT2D eigenvalue weighted by Gasteiger charge is -2.11. The number of rotatable bonds is 3. The summed E-state index contributed by atoms with van der Waals surface area (Å²) in [7, 11) is 3.76. The molecule has 4 heteroatoms. The van der Waals surface area contributed by atoms with Gasteiger partial charge in [0.2, 0.25) is 0 Å². The van der Waals surface area contributed by atoms with Gasteiger partial charge in [0.1, 0.15) is 23.8 Å². The molecule has 4 nitrogen and oxygen atoms in total. The van der Waals surface area contributed by atoms with E-state index < -0.39 is 0 Å². The van der Waals surface area contributed by atoms with Gasteiger partial charge in [-0.1, -0.05) is 34.6 Å². The maximum absolute atomic E-state index is 5.36. The fourth-order valence-corrected chi connectivity index (χ4v) is 2.92. The third kappa shape index (κ3) is 5.95. The SMILES string of the molecule is CC.CC(C)C.COc1cc(C)c(-n2cc[n+](C)c2-c2ccncc2)c(C)c1. The van der Waals surface area contributed by atoms with Crippen molar-refractivity contribution in [3.8, 4) is 22.8 Å². The fourth-order valence-electron chi connectivity index (χ4n) is 2.92. The summed E-state index contributed by atoms with van der Waals surface area (Å²) in [5, 5.41) is 0. The molecule has 0 spiro atoms. The maximum atomic E-state index is 5.36. The molecule has 152 valence electrons. The van der Waals surface area contributed by atoms with Gasteiger partial charge >= 0.3 is 0 Å². The van der Waals surface area contributed by atoms with E-state index in [0.717, 1.165) is 23.1 Å². The molecule has 2 aromatic heterocycles. The Morgan fingerprint density at radius 2 is 1.50 bits per heavy atom. The van der Waals surface area contributed by atoms with Crippen LogP contribution in [0.4, 0.5) is 0 Å². The molecular formula is C24H36N3O+. The third-order valence-corrected chi connectivity index (χ3v) is 3.88. The number of pyridine rings is 1. The second-order valence-corrected chi connectivity index (χ2v) is 7.18. The Morgan fingerprint density at radius 3 is 1.96 bits per heavy atom. The van der Waals surface area contributed by atoms with Crippen LogP contribution < -0.4 is 9.30 Å². The van der Waals surface area contributed by atoms with Gasteiger partial charge in [0.25, 0.3) is 5.82 Å². The van der Waals surface area contributed by atoms with Gasteiger partial charge in [-0.2, -0.15) is 4.57 Å². The van der Waals surface area contributed by atoms with Crippen LogP contribution in [0.25, 0.3) is 17.1 Å². The van der Waals surface area contributed by atoms with Crippen molar-refractivity contribution < 1.29 is 9.30 Å². The summed E-state index contributed by atoms with van der Waals surface area (Å²) >= 11 is 0. The molecule has 0 amide bonds. The summed E-state index contributed by atoms with van der Waals surface area (Å²) in [6.45, 7) is 14.7. The molecule has 0 aliphatic heterocycles. The first-order chi connectivity index (χ1) is 13.3. The van der Waals surface area contributed by atoms with Crippen molar-refractivity contribution in [3.63, 3.8) is 0 Å². The van der Waals surface area contributed by atoms with Crippen molar-refractivity contribution in [3.05, 3.63) is 60.2 Å². The predicted octanol–water partition coefficient (Wildman–Crippen LogP) is 5.68. The zero-order valence-corrected chi connectivity index (χ0v) is 18.9. The predicted molar refractivity (Wildman–Crippen MR) is 118 cm³/mol. The zero-order chi connectivity index (χ0) is 21.3. The van der Waals surface area contributed by atoms with Crippen LogP contribution in [0.5, 0.6) is 5.75 Å². The van der Waals surface area contributed by atoms with E-state index in [1.165, 1.54) is 16.8 Å². The second-order valence-electron chi connectivity index (χ2n) is 7.18. The first kappa shape index (κ1) is 23.4. The Morgan fingerprint density at radius 1 is 1.00 bits per heavy atom. The lowest BCUT2D eigenvalue weighted by molar-refractivity contribution is -0.659. The smallest absolute Gasteiger partial charge is 0.293 e. The van der Waals surface area contributed by atoms with Gasteiger partial charge < -0.3 is 4.74 Å². The highest BCUT2D eigenvalue weighted by Gasteiger charge is 2.22. The minimum atomic E-state index is 0.833. The summed E-state index contributed by atoms with van der Waals surface area (Å²) in [5.74, 6) is 2.85. The Balaban J connectivity index is 0.000000583. The van der Waals surface area contributed by atoms with Gasteiger partial charge in [0.05, 0.1) is 19.7 Å². The average Bonchev–Trinajstić information content (AvgIpc) is 3.04. The highest BCUT2D eigenvalue weighted by molar-refractivity contribution is 5.59. The summed E-state index contributed by atoms with van der Waals surface area (Å²) in [6.07, 6.45) is 7.80. The van der Waals surface area contributed by atoms with E-state index in [9.17, 15) is 0 Å². The highest BCUT2D eigenvalue weighted by atomic mass is 16.5. The molecule has 0 fully saturated rings. The van der Waals surface area contributed by atoms with Gasteiger partial charge in [-0.15, -0.1) is 0 Å². The molecule has 0 aliphatic carbocycles. The Kier molecular flexibility index (Phi) is 9.43. The minimum Gasteiger partial charge on any atom is -0.497 e. The molecule has 0 unspecified atom stereocenters. The molecule has 0 bridgehead atoms. The maximum Gasteiger partial charge on any atom is 0.293 e. The van der Waals surface area contributed by atoms with Crippen LogP contribution in [0.1, 0.15) is 45.7 Å². The molecule has 3 aromatic rings. The highest BCUT2D eigenvalue weighted by Crippen LogP contribution is 2.28. The fraction of sp³-hybridized carbons (Fsp3) is 0.417. The van der Waals surface area contributed by atoms with Gasteiger partial charge in [-0.05, 0) is 44.0 Å². The van der Waals surface area contributed by atoms with Gasteiger partial charge in [0, 0.05) is 23.5 Å². The molecule has 0 N–H and O–H groups in total. The first-order valence-corrected chi connectivity index (χ1v) is 9.98. The van der Waals surface area contributed by atoms with Crippen molar-refractivity contribution in [2.45, 2.75) is 48.5 Å². The quantitative estimate of drug-likeness (QED) is 0.546. The number of hydrogen-bond acceptors (Lipinski definition) is 2. The number of imidazole rings is 1. The number of aryl methyl sites for hydroxylation is 3. The molecule has 28 heavy (non-hydrogen) atoms. The molecular weight excluding hydrogens is 346 g/mol. The van der Waals surface area contributed by atoms with Crippen molar-refractivity contribution in [2.24, 2.45) is 13.0 Å². The van der Waals surface area contributed by atoms with E-state index in [1.54, 1.807) is 7.11 Å². The monoisotopic (exact) mass is 382 g/mol. The summed E-state index contributed by atoms with van der Waals surface area (Å²) in [4.78, 5) is 4.11. The number of hydrogen-bond donors (Lipinski definition) is 0. The van der Waals surface area contributed by atoms with Crippen molar-refractivity contribution in [1.82, 2.24) is 9.55 Å². The number of benzene rings is 1. The van der Waals surface area contributed by atoms with E-state index in [2.05, 4.69) is 80.3 Å². The summed E-state index contributed by atoms with van der Waals surface area (Å²) in [5.41, 5.74) is 4.69. The number of ether oxygens (including phenoxy) is 1. The van der Waals surface area contributed by atoms with Crippen LogP contribution >= 0.6 is 0 Å². The van der Waals surface area contributed by atoms with Crippen LogP contribution in [-0.2, 0) is 7.05 Å². The molecule has 3 rings (SSSR count). The average molecular weight is 383 g/mol. The molecule has 0 aliphatic rings. The molecule has 0 saturated carbocycles. The second kappa shape index (κ2) is 11.3. The summed E-state index contributed by atoms with van der Waals surface area (Å²) in [6, 6.07) is 8.19. The standard InChI is InChI=1S/C18H20N3O.C4H10.C2H6/c1-13-11-16(22-4)12-14(2)17(13)21-10-9-20(3)18(21)15-5-7-19-8-6-15;1-4(2)3;1-2/h5-12H,1-4H3;4H,1-3H3;1-2H3/q+1;;. The van der Waals surface area contributed by atoms with Crippen LogP contribution in [0.15, 0.2) is 49.1 Å². The number of methoxy groups -OCH3 is 1. The van der Waals surface area contributed by atoms with Crippen LogP contribution in [-0.4, -0.2) is 16.7 Å². The molecule has 0 atom stereocenters. The topological polar surface area (TPSA) is 30.9 Å². The lowest BCUT2D eigenvalue weighted by atomic mass is 10.1. The lowest BCUT2D eigenvalue weighted by Crippen LogP contribution is -2.29. The molecule has 0 saturated heterocycles. The Hall–Kier alpha value is -2.62. The van der Waals surface area contributed by atoms with E-state index >= 15 is 0 Å². The van der Waals surface area contributed by atoms with Crippen molar-refractivity contribution >= 4 is 0 Å². The number of nitrogens with zero attached hydrogens (tertiary/aromatic N) is 3. The van der Waals surface area contributed by atoms with E-state index in [-0.39, 0.29) is 0 Å². The Labute approximate surface area is 170 Å². The Bertz CT molecular complexity index is 826. The van der Waals surface area contributed by atoms with Crippen LogP contribution in [0.2, 0.25) is 0 Å². The molecule has 2 heterocycles. The normalized spacial score (nSPS) is 9.93.